The van der Waals surface area contributed by atoms with Gasteiger partial charge in [0.25, 0.3) is 0 Å². The smallest absolute Gasteiger partial charge is 0.308 e. The van der Waals surface area contributed by atoms with E-state index in [9.17, 15) is 9.90 Å². The second-order valence-electron chi connectivity index (χ2n) is 2.97. The van der Waals surface area contributed by atoms with Gasteiger partial charge in [0.05, 0.1) is 19.1 Å². The average molecular weight is 192 g/mol. The van der Waals surface area contributed by atoms with Crippen molar-refractivity contribution in [2.45, 2.75) is 30.8 Å². The molecule has 0 radical (unpaired) electrons. The summed E-state index contributed by atoms with van der Waals surface area (Å²) in [4.78, 5) is 10.8. The van der Waals surface area contributed by atoms with Crippen LogP contribution in [0, 0.1) is 0 Å². The van der Waals surface area contributed by atoms with Crippen LogP contribution in [0.3, 0.4) is 0 Å². The Labute approximate surface area is 74.4 Å². The first kappa shape index (κ1) is 10.4. The van der Waals surface area contributed by atoms with Crippen molar-refractivity contribution in [3.05, 3.63) is 0 Å². The standard InChI is InChI=1S/C7H12O6/c8-2-4(10)7-6(12)3(9)1-5(11)13-7/h3-4,6-10,12H,1-2H2/t3-,4+,6-,7-/m1/s1. The summed E-state index contributed by atoms with van der Waals surface area (Å²) < 4.78 is 4.56. The molecule has 13 heavy (non-hydrogen) atoms. The Hall–Kier alpha value is -0.690. The number of hydrogen-bond acceptors (Lipinski definition) is 6. The number of aliphatic hydroxyl groups is 4. The summed E-state index contributed by atoms with van der Waals surface area (Å²) in [5.74, 6) is -0.699. The van der Waals surface area contributed by atoms with Gasteiger partial charge in [0.2, 0.25) is 0 Å². The topological polar surface area (TPSA) is 107 Å². The molecule has 4 N–H and O–H groups in total. The van der Waals surface area contributed by atoms with Crippen LogP contribution >= 0.6 is 0 Å². The molecule has 1 saturated heterocycles. The number of rotatable bonds is 2. The van der Waals surface area contributed by atoms with Gasteiger partial charge in [-0.15, -0.1) is 0 Å². The van der Waals surface area contributed by atoms with Crippen LogP contribution in [0.4, 0.5) is 0 Å². The highest BCUT2D eigenvalue weighted by atomic mass is 16.6. The lowest BCUT2D eigenvalue weighted by atomic mass is 9.98. The molecule has 0 aliphatic carbocycles. The Morgan fingerprint density at radius 2 is 2.15 bits per heavy atom. The normalized spacial score (nSPS) is 36.9. The summed E-state index contributed by atoms with van der Waals surface area (Å²) in [7, 11) is 0. The quantitative estimate of drug-likeness (QED) is 0.357. The zero-order valence-corrected chi connectivity index (χ0v) is 6.83. The van der Waals surface area contributed by atoms with Crippen molar-refractivity contribution in [1.82, 2.24) is 0 Å². The van der Waals surface area contributed by atoms with Crippen LogP contribution in [0.2, 0.25) is 0 Å². The highest BCUT2D eigenvalue weighted by molar-refractivity contribution is 5.71. The molecule has 0 aromatic rings. The maximum absolute atomic E-state index is 10.8. The van der Waals surface area contributed by atoms with E-state index in [-0.39, 0.29) is 6.42 Å². The summed E-state index contributed by atoms with van der Waals surface area (Å²) in [6.07, 6.45) is -5.50. The molecular weight excluding hydrogens is 180 g/mol. The van der Waals surface area contributed by atoms with E-state index in [0.29, 0.717) is 0 Å². The Kier molecular flexibility index (Phi) is 3.21. The number of esters is 1. The van der Waals surface area contributed by atoms with Gasteiger partial charge in [-0.1, -0.05) is 0 Å². The van der Waals surface area contributed by atoms with Crippen LogP contribution in [-0.4, -0.2) is 57.4 Å². The third kappa shape index (κ3) is 2.16. The van der Waals surface area contributed by atoms with Crippen LogP contribution in [0.15, 0.2) is 0 Å². The van der Waals surface area contributed by atoms with Gasteiger partial charge in [0.15, 0.2) is 6.10 Å². The predicted octanol–water partition coefficient (Wildman–Crippen LogP) is -2.62. The zero-order chi connectivity index (χ0) is 10.0. The summed E-state index contributed by atoms with van der Waals surface area (Å²) in [6.45, 7) is -0.637. The van der Waals surface area contributed by atoms with E-state index < -0.39 is 37.0 Å². The van der Waals surface area contributed by atoms with Gasteiger partial charge in [-0.25, -0.2) is 0 Å². The first-order chi connectivity index (χ1) is 6.06. The molecule has 6 heteroatoms. The maximum Gasteiger partial charge on any atom is 0.308 e. The van der Waals surface area contributed by atoms with E-state index in [1.165, 1.54) is 0 Å². The lowest BCUT2D eigenvalue weighted by molar-refractivity contribution is -0.194. The van der Waals surface area contributed by atoms with Crippen molar-refractivity contribution in [2.24, 2.45) is 0 Å². The SMILES string of the molecule is O=C1C[C@@H](O)[C@@H](O)[C@@H]([C@@H](O)CO)O1. The summed E-state index contributed by atoms with van der Waals surface area (Å²) in [6, 6.07) is 0. The molecule has 1 aliphatic heterocycles. The molecular formula is C7H12O6. The van der Waals surface area contributed by atoms with Crippen molar-refractivity contribution >= 4 is 5.97 Å². The second-order valence-corrected chi connectivity index (χ2v) is 2.97. The van der Waals surface area contributed by atoms with Gasteiger partial charge in [0.1, 0.15) is 12.2 Å². The predicted molar refractivity (Wildman–Crippen MR) is 39.6 cm³/mol. The lowest BCUT2D eigenvalue weighted by Crippen LogP contribution is -2.52. The van der Waals surface area contributed by atoms with E-state index in [1.807, 2.05) is 0 Å². The number of ether oxygens (including phenoxy) is 1. The molecule has 1 heterocycles. The minimum absolute atomic E-state index is 0.296. The molecule has 0 aromatic carbocycles. The zero-order valence-electron chi connectivity index (χ0n) is 6.83. The number of carbonyl (C=O) groups excluding carboxylic acids is 1. The van der Waals surface area contributed by atoms with Crippen LogP contribution in [0.1, 0.15) is 6.42 Å². The fourth-order valence-corrected chi connectivity index (χ4v) is 1.19. The summed E-state index contributed by atoms with van der Waals surface area (Å²) in [5, 5.41) is 36.0. The van der Waals surface area contributed by atoms with Crippen molar-refractivity contribution in [2.75, 3.05) is 6.61 Å². The average Bonchev–Trinajstić information content (AvgIpc) is 2.10. The van der Waals surface area contributed by atoms with Gasteiger partial charge in [0, 0.05) is 0 Å². The minimum atomic E-state index is -1.37. The first-order valence-corrected chi connectivity index (χ1v) is 3.90. The molecule has 0 aromatic heterocycles. The fourth-order valence-electron chi connectivity index (χ4n) is 1.19. The van der Waals surface area contributed by atoms with Gasteiger partial charge >= 0.3 is 5.97 Å². The molecule has 0 amide bonds. The maximum atomic E-state index is 10.8. The number of carbonyl (C=O) groups is 1. The third-order valence-corrected chi connectivity index (χ3v) is 1.94. The van der Waals surface area contributed by atoms with Gasteiger partial charge in [-0.3, -0.25) is 4.79 Å². The molecule has 6 nitrogen and oxygen atoms in total. The van der Waals surface area contributed by atoms with Gasteiger partial charge < -0.3 is 25.2 Å². The fraction of sp³-hybridized carbons (Fsp3) is 0.857. The van der Waals surface area contributed by atoms with Gasteiger partial charge in [-0.2, -0.15) is 0 Å². The summed E-state index contributed by atoms with van der Waals surface area (Å²) in [5.41, 5.74) is 0. The largest absolute Gasteiger partial charge is 0.457 e. The molecule has 1 fully saturated rings. The van der Waals surface area contributed by atoms with Crippen molar-refractivity contribution in [3.8, 4) is 0 Å². The molecule has 1 rings (SSSR count). The Morgan fingerprint density at radius 1 is 1.54 bits per heavy atom. The molecule has 76 valence electrons. The highest BCUT2D eigenvalue weighted by Crippen LogP contribution is 2.18. The van der Waals surface area contributed by atoms with E-state index in [2.05, 4.69) is 4.74 Å². The van der Waals surface area contributed by atoms with Crippen LogP contribution in [0.25, 0.3) is 0 Å². The van der Waals surface area contributed by atoms with Crippen molar-refractivity contribution < 1.29 is 30.0 Å². The molecule has 0 bridgehead atoms. The van der Waals surface area contributed by atoms with Gasteiger partial charge in [-0.05, 0) is 0 Å². The molecule has 0 unspecified atom stereocenters. The molecule has 1 aliphatic rings. The van der Waals surface area contributed by atoms with Crippen LogP contribution in [-0.2, 0) is 9.53 Å². The molecule has 0 saturated carbocycles. The first-order valence-electron chi connectivity index (χ1n) is 3.90. The van der Waals surface area contributed by atoms with E-state index in [4.69, 9.17) is 15.3 Å². The number of aliphatic hydroxyl groups excluding tert-OH is 4. The Bertz CT molecular complexity index is 193. The monoisotopic (exact) mass is 192 g/mol. The lowest BCUT2D eigenvalue weighted by Gasteiger charge is -2.33. The molecule has 0 spiro atoms. The minimum Gasteiger partial charge on any atom is -0.457 e. The van der Waals surface area contributed by atoms with E-state index in [0.717, 1.165) is 0 Å². The Balaban J connectivity index is 2.65. The third-order valence-electron chi connectivity index (χ3n) is 1.94. The number of cyclic esters (lactones) is 1. The summed E-state index contributed by atoms with van der Waals surface area (Å²) >= 11 is 0. The highest BCUT2D eigenvalue weighted by Gasteiger charge is 2.40. The van der Waals surface area contributed by atoms with Crippen molar-refractivity contribution in [1.29, 1.82) is 0 Å². The Morgan fingerprint density at radius 3 is 2.69 bits per heavy atom. The van der Waals surface area contributed by atoms with E-state index in [1.54, 1.807) is 0 Å². The van der Waals surface area contributed by atoms with Crippen molar-refractivity contribution in [3.63, 3.8) is 0 Å². The number of hydrogen-bond donors (Lipinski definition) is 4. The molecule has 4 atom stereocenters. The second kappa shape index (κ2) is 4.01. The van der Waals surface area contributed by atoms with E-state index >= 15 is 0 Å². The van der Waals surface area contributed by atoms with Crippen LogP contribution < -0.4 is 0 Å². The van der Waals surface area contributed by atoms with Crippen LogP contribution in [0.5, 0.6) is 0 Å².